The Labute approximate surface area is 132 Å². The van der Waals surface area contributed by atoms with Gasteiger partial charge in [0.1, 0.15) is 24.2 Å². The standard InChI is InChI=1S/C12H22N4O7/c1-5(22-11(20)7(14)4-17)9(16)12(21)23-10(19)6(13)2-3-8(15)18/h5-7,9,17H,2-4,13-14,16H2,1H3,(H2,15,18)/t5-,6+,7+,9+/m1/s1. The number of esters is 3. The molecule has 9 N–H and O–H groups in total. The minimum absolute atomic E-state index is 0.0907. The molecule has 0 unspecified atom stereocenters. The van der Waals surface area contributed by atoms with Gasteiger partial charge in [0.2, 0.25) is 5.91 Å². The van der Waals surface area contributed by atoms with Crippen LogP contribution in [-0.2, 0) is 28.7 Å². The predicted octanol–water partition coefficient (Wildman–Crippen LogP) is -3.77. The second-order valence-corrected chi connectivity index (χ2v) is 4.81. The quantitative estimate of drug-likeness (QED) is 0.205. The van der Waals surface area contributed by atoms with E-state index in [-0.39, 0.29) is 12.8 Å². The van der Waals surface area contributed by atoms with Gasteiger partial charge in [0.15, 0.2) is 0 Å². The zero-order valence-electron chi connectivity index (χ0n) is 12.6. The fraction of sp³-hybridized carbons (Fsp3) is 0.667. The highest BCUT2D eigenvalue weighted by Crippen LogP contribution is 2.03. The summed E-state index contributed by atoms with van der Waals surface area (Å²) in [6.45, 7) is 0.643. The van der Waals surface area contributed by atoms with E-state index in [2.05, 4.69) is 4.74 Å². The first-order chi connectivity index (χ1) is 10.6. The first-order valence-corrected chi connectivity index (χ1v) is 6.72. The zero-order valence-corrected chi connectivity index (χ0v) is 12.6. The summed E-state index contributed by atoms with van der Waals surface area (Å²) in [6.07, 6.45) is -1.39. The van der Waals surface area contributed by atoms with Gasteiger partial charge in [-0.05, 0) is 13.3 Å². The average Bonchev–Trinajstić information content (AvgIpc) is 2.50. The van der Waals surface area contributed by atoms with Gasteiger partial charge in [0.25, 0.3) is 0 Å². The van der Waals surface area contributed by atoms with E-state index in [0.717, 1.165) is 0 Å². The first kappa shape index (κ1) is 20.9. The molecule has 23 heavy (non-hydrogen) atoms. The van der Waals surface area contributed by atoms with Gasteiger partial charge in [-0.25, -0.2) is 9.59 Å². The maximum absolute atomic E-state index is 11.7. The van der Waals surface area contributed by atoms with Gasteiger partial charge >= 0.3 is 17.9 Å². The smallest absolute Gasteiger partial charge is 0.334 e. The van der Waals surface area contributed by atoms with E-state index in [1.165, 1.54) is 6.92 Å². The van der Waals surface area contributed by atoms with Crippen LogP contribution < -0.4 is 22.9 Å². The minimum Gasteiger partial charge on any atom is -0.459 e. The van der Waals surface area contributed by atoms with Gasteiger partial charge in [0.05, 0.1) is 6.61 Å². The lowest BCUT2D eigenvalue weighted by Gasteiger charge is -2.20. The number of carbonyl (C=O) groups is 4. The number of nitrogens with two attached hydrogens (primary N) is 4. The van der Waals surface area contributed by atoms with Crippen molar-refractivity contribution in [1.29, 1.82) is 0 Å². The molecular formula is C12H22N4O7. The molecule has 0 aliphatic heterocycles. The van der Waals surface area contributed by atoms with Gasteiger partial charge in [-0.1, -0.05) is 0 Å². The van der Waals surface area contributed by atoms with Crippen LogP contribution in [0.15, 0.2) is 0 Å². The molecule has 0 bridgehead atoms. The van der Waals surface area contributed by atoms with E-state index < -0.39 is 54.7 Å². The summed E-state index contributed by atoms with van der Waals surface area (Å²) >= 11 is 0. The number of rotatable bonds is 9. The summed E-state index contributed by atoms with van der Waals surface area (Å²) in [7, 11) is 0. The Bertz CT molecular complexity index is 457. The Balaban J connectivity index is 4.45. The lowest BCUT2D eigenvalue weighted by atomic mass is 10.1. The third kappa shape index (κ3) is 7.65. The number of carbonyl (C=O) groups excluding carboxylic acids is 4. The largest absolute Gasteiger partial charge is 0.459 e. The molecular weight excluding hydrogens is 312 g/mol. The van der Waals surface area contributed by atoms with E-state index in [1.807, 2.05) is 0 Å². The highest BCUT2D eigenvalue weighted by atomic mass is 16.6. The number of ether oxygens (including phenoxy) is 2. The van der Waals surface area contributed by atoms with Crippen LogP contribution in [0.1, 0.15) is 19.8 Å². The lowest BCUT2D eigenvalue weighted by molar-refractivity contribution is -0.165. The van der Waals surface area contributed by atoms with Crippen LogP contribution in [0.25, 0.3) is 0 Å². The molecule has 0 spiro atoms. The van der Waals surface area contributed by atoms with Crippen molar-refractivity contribution in [2.24, 2.45) is 22.9 Å². The number of primary amides is 1. The van der Waals surface area contributed by atoms with Crippen molar-refractivity contribution in [2.45, 2.75) is 44.0 Å². The van der Waals surface area contributed by atoms with Crippen molar-refractivity contribution in [3.63, 3.8) is 0 Å². The number of hydrogen-bond donors (Lipinski definition) is 5. The third-order valence-corrected chi connectivity index (χ3v) is 2.79. The van der Waals surface area contributed by atoms with Crippen molar-refractivity contribution in [3.8, 4) is 0 Å². The molecule has 0 saturated heterocycles. The normalized spacial score (nSPS) is 15.9. The third-order valence-electron chi connectivity index (χ3n) is 2.79. The zero-order chi connectivity index (χ0) is 18.2. The number of aliphatic hydroxyl groups excluding tert-OH is 1. The molecule has 0 aliphatic rings. The highest BCUT2D eigenvalue weighted by molar-refractivity contribution is 5.91. The van der Waals surface area contributed by atoms with E-state index in [9.17, 15) is 19.2 Å². The summed E-state index contributed by atoms with van der Waals surface area (Å²) in [5.74, 6) is -3.87. The summed E-state index contributed by atoms with van der Waals surface area (Å²) in [5, 5.41) is 8.70. The van der Waals surface area contributed by atoms with Crippen molar-refractivity contribution >= 4 is 23.8 Å². The molecule has 0 saturated carbocycles. The van der Waals surface area contributed by atoms with E-state index in [0.29, 0.717) is 0 Å². The Kier molecular flexibility index (Phi) is 8.95. The monoisotopic (exact) mass is 334 g/mol. The number of hydrogen-bond acceptors (Lipinski definition) is 10. The van der Waals surface area contributed by atoms with Crippen molar-refractivity contribution < 1.29 is 33.8 Å². The van der Waals surface area contributed by atoms with E-state index in [1.54, 1.807) is 0 Å². The molecule has 11 nitrogen and oxygen atoms in total. The Hall–Kier alpha value is -2.08. The summed E-state index contributed by atoms with van der Waals surface area (Å²) < 4.78 is 9.20. The molecule has 0 rings (SSSR count). The second kappa shape index (κ2) is 9.84. The molecule has 0 aromatic heterocycles. The topological polar surface area (TPSA) is 211 Å². The van der Waals surface area contributed by atoms with Crippen LogP contribution in [0.5, 0.6) is 0 Å². The van der Waals surface area contributed by atoms with Crippen LogP contribution in [0.4, 0.5) is 0 Å². The maximum Gasteiger partial charge on any atom is 0.334 e. The SMILES string of the molecule is C[C@@H](OC(=O)[C@@H](N)CO)[C@H](N)C(=O)OC(=O)[C@@H](N)CCC(N)=O. The molecule has 0 aromatic rings. The van der Waals surface area contributed by atoms with Crippen molar-refractivity contribution in [1.82, 2.24) is 0 Å². The van der Waals surface area contributed by atoms with Crippen LogP contribution in [-0.4, -0.2) is 59.8 Å². The molecule has 11 heteroatoms. The van der Waals surface area contributed by atoms with Gasteiger partial charge in [-0.15, -0.1) is 0 Å². The van der Waals surface area contributed by atoms with Crippen molar-refractivity contribution in [3.05, 3.63) is 0 Å². The number of aliphatic hydroxyl groups is 1. The fourth-order valence-electron chi connectivity index (χ4n) is 1.27. The minimum atomic E-state index is -1.46. The Morgan fingerprint density at radius 3 is 2.04 bits per heavy atom. The fourth-order valence-corrected chi connectivity index (χ4v) is 1.27. The van der Waals surface area contributed by atoms with Gasteiger partial charge in [-0.3, -0.25) is 9.59 Å². The summed E-state index contributed by atoms with van der Waals surface area (Å²) in [4.78, 5) is 45.1. The van der Waals surface area contributed by atoms with Gasteiger partial charge < -0.3 is 37.5 Å². The molecule has 0 aliphatic carbocycles. The van der Waals surface area contributed by atoms with Gasteiger partial charge in [0, 0.05) is 6.42 Å². The van der Waals surface area contributed by atoms with Crippen molar-refractivity contribution in [2.75, 3.05) is 6.61 Å². The summed E-state index contributed by atoms with van der Waals surface area (Å²) in [5.41, 5.74) is 21.1. The Morgan fingerprint density at radius 1 is 1.00 bits per heavy atom. The van der Waals surface area contributed by atoms with Crippen LogP contribution >= 0.6 is 0 Å². The molecule has 0 fully saturated rings. The van der Waals surface area contributed by atoms with E-state index in [4.69, 9.17) is 32.8 Å². The highest BCUT2D eigenvalue weighted by Gasteiger charge is 2.30. The molecule has 1 amide bonds. The number of amides is 1. The lowest BCUT2D eigenvalue weighted by Crippen LogP contribution is -2.48. The second-order valence-electron chi connectivity index (χ2n) is 4.81. The van der Waals surface area contributed by atoms with E-state index >= 15 is 0 Å². The van der Waals surface area contributed by atoms with Gasteiger partial charge in [-0.2, -0.15) is 0 Å². The molecule has 132 valence electrons. The van der Waals surface area contributed by atoms with Crippen LogP contribution in [0, 0.1) is 0 Å². The molecule has 0 radical (unpaired) electrons. The molecule has 4 atom stereocenters. The maximum atomic E-state index is 11.7. The Morgan fingerprint density at radius 2 is 1.57 bits per heavy atom. The van der Waals surface area contributed by atoms with Crippen LogP contribution in [0.2, 0.25) is 0 Å². The summed E-state index contributed by atoms with van der Waals surface area (Å²) in [6, 6.07) is -3.96. The predicted molar refractivity (Wildman–Crippen MR) is 76.1 cm³/mol. The van der Waals surface area contributed by atoms with Crippen LogP contribution in [0.3, 0.4) is 0 Å². The average molecular weight is 334 g/mol. The first-order valence-electron chi connectivity index (χ1n) is 6.72. The molecule has 0 heterocycles. The molecule has 0 aromatic carbocycles.